The molecule has 2 nitrogen and oxygen atoms in total. The van der Waals surface area contributed by atoms with Gasteiger partial charge in [-0.05, 0) is 26.2 Å². The number of unbranched alkanes of at least 4 members (excludes halogenated alkanes) is 2. The van der Waals surface area contributed by atoms with Gasteiger partial charge in [0.2, 0.25) is 0 Å². The third-order valence-electron chi connectivity index (χ3n) is 1.76. The summed E-state index contributed by atoms with van der Waals surface area (Å²) in [6, 6.07) is 1.99. The highest BCUT2D eigenvalue weighted by Gasteiger charge is 1.98. The molecule has 0 atom stereocenters. The van der Waals surface area contributed by atoms with E-state index in [1.807, 2.05) is 19.1 Å². The summed E-state index contributed by atoms with van der Waals surface area (Å²) < 4.78 is 5.07. The van der Waals surface area contributed by atoms with Gasteiger partial charge in [0.05, 0.1) is 5.69 Å². The summed E-state index contributed by atoms with van der Waals surface area (Å²) in [6.07, 6.45) is 6.37. The molecule has 0 aliphatic carbocycles. The molecule has 2 heteroatoms. The van der Waals surface area contributed by atoms with Crippen LogP contribution in [0.25, 0.3) is 0 Å². The van der Waals surface area contributed by atoms with Crippen molar-refractivity contribution in [1.29, 1.82) is 0 Å². The molecule has 0 saturated carbocycles. The maximum Gasteiger partial charge on any atom is 0.136 e. The molecule has 0 fully saturated rings. The molecular weight excluding hydrogens is 150 g/mol. The summed E-state index contributed by atoms with van der Waals surface area (Å²) in [5, 5.41) is 3.82. The maximum absolute atomic E-state index is 5.07. The molecule has 1 heterocycles. The Morgan fingerprint density at radius 1 is 1.58 bits per heavy atom. The van der Waals surface area contributed by atoms with Gasteiger partial charge >= 0.3 is 0 Å². The Balaban J connectivity index is 2.19. The molecule has 0 aromatic carbocycles. The van der Waals surface area contributed by atoms with Crippen LogP contribution in [-0.2, 0) is 6.42 Å². The van der Waals surface area contributed by atoms with Crippen LogP contribution in [0.4, 0.5) is 0 Å². The van der Waals surface area contributed by atoms with Crippen LogP contribution in [0.3, 0.4) is 0 Å². The first-order chi connectivity index (χ1) is 5.83. The topological polar surface area (TPSA) is 26.0 Å². The zero-order valence-corrected chi connectivity index (χ0v) is 7.55. The summed E-state index contributed by atoms with van der Waals surface area (Å²) in [5.74, 6) is 0.997. The van der Waals surface area contributed by atoms with Crippen LogP contribution in [0.2, 0.25) is 0 Å². The van der Waals surface area contributed by atoms with Crippen LogP contribution in [-0.4, -0.2) is 5.16 Å². The van der Waals surface area contributed by atoms with Crippen LogP contribution in [0.5, 0.6) is 0 Å². The molecular formula is C10H15NO. The second-order valence-electron chi connectivity index (χ2n) is 2.97. The van der Waals surface area contributed by atoms with E-state index in [1.165, 1.54) is 6.42 Å². The number of rotatable bonds is 5. The second-order valence-corrected chi connectivity index (χ2v) is 2.97. The fourth-order valence-corrected chi connectivity index (χ4v) is 1.12. The number of aromatic nitrogens is 1. The van der Waals surface area contributed by atoms with Crippen molar-refractivity contribution in [2.45, 2.75) is 32.6 Å². The van der Waals surface area contributed by atoms with Crippen molar-refractivity contribution in [3.63, 3.8) is 0 Å². The Bertz CT molecular complexity index is 240. The molecule has 66 valence electrons. The van der Waals surface area contributed by atoms with Crippen molar-refractivity contribution in [3.8, 4) is 0 Å². The van der Waals surface area contributed by atoms with Crippen molar-refractivity contribution in [2.24, 2.45) is 0 Å². The van der Waals surface area contributed by atoms with Crippen molar-refractivity contribution < 1.29 is 4.52 Å². The molecule has 12 heavy (non-hydrogen) atoms. The lowest BCUT2D eigenvalue weighted by Gasteiger charge is -1.92. The zero-order valence-electron chi connectivity index (χ0n) is 7.55. The average Bonchev–Trinajstić information content (AvgIpc) is 2.45. The molecule has 0 bridgehead atoms. The van der Waals surface area contributed by atoms with Crippen LogP contribution in [0.15, 0.2) is 23.2 Å². The molecule has 1 aromatic heterocycles. The van der Waals surface area contributed by atoms with Crippen LogP contribution in [0.1, 0.15) is 30.7 Å². The summed E-state index contributed by atoms with van der Waals surface area (Å²) in [6.45, 7) is 5.61. The van der Waals surface area contributed by atoms with Gasteiger partial charge in [-0.1, -0.05) is 11.2 Å². The van der Waals surface area contributed by atoms with E-state index >= 15 is 0 Å². The van der Waals surface area contributed by atoms with Gasteiger partial charge in [0.15, 0.2) is 0 Å². The predicted molar refractivity (Wildman–Crippen MR) is 49.0 cm³/mol. The van der Waals surface area contributed by atoms with Crippen LogP contribution < -0.4 is 0 Å². The Labute approximate surface area is 73.3 Å². The van der Waals surface area contributed by atoms with Gasteiger partial charge < -0.3 is 4.52 Å². The lowest BCUT2D eigenvalue weighted by molar-refractivity contribution is 0.376. The fraction of sp³-hybridized carbons (Fsp3) is 0.500. The predicted octanol–water partition coefficient (Wildman–Crippen LogP) is 2.88. The molecule has 0 aliphatic rings. The Kier molecular flexibility index (Phi) is 3.58. The quantitative estimate of drug-likeness (QED) is 0.495. The second kappa shape index (κ2) is 4.75. The van der Waals surface area contributed by atoms with E-state index in [1.54, 1.807) is 0 Å². The summed E-state index contributed by atoms with van der Waals surface area (Å²) >= 11 is 0. The van der Waals surface area contributed by atoms with Crippen LogP contribution >= 0.6 is 0 Å². The van der Waals surface area contributed by atoms with Crippen molar-refractivity contribution in [3.05, 3.63) is 30.2 Å². The van der Waals surface area contributed by atoms with Gasteiger partial charge in [0.1, 0.15) is 5.76 Å². The van der Waals surface area contributed by atoms with Gasteiger partial charge in [0, 0.05) is 12.5 Å². The van der Waals surface area contributed by atoms with Crippen molar-refractivity contribution in [2.75, 3.05) is 0 Å². The van der Waals surface area contributed by atoms with Gasteiger partial charge in [-0.3, -0.25) is 0 Å². The molecule has 0 aliphatic heterocycles. The van der Waals surface area contributed by atoms with E-state index in [2.05, 4.69) is 11.7 Å². The lowest BCUT2D eigenvalue weighted by Crippen LogP contribution is -1.81. The number of nitrogens with zero attached hydrogens (tertiary/aromatic N) is 1. The van der Waals surface area contributed by atoms with Gasteiger partial charge in [-0.25, -0.2) is 0 Å². The number of aryl methyl sites for hydroxylation is 2. The number of hydrogen-bond acceptors (Lipinski definition) is 2. The number of allylic oxidation sites excluding steroid dienone is 1. The third-order valence-corrected chi connectivity index (χ3v) is 1.76. The fourth-order valence-electron chi connectivity index (χ4n) is 1.12. The van der Waals surface area contributed by atoms with E-state index in [0.29, 0.717) is 0 Å². The number of hydrogen-bond donors (Lipinski definition) is 0. The highest BCUT2D eigenvalue weighted by atomic mass is 16.5. The van der Waals surface area contributed by atoms with E-state index in [9.17, 15) is 0 Å². The molecule has 0 unspecified atom stereocenters. The minimum Gasteiger partial charge on any atom is -0.361 e. The average molecular weight is 165 g/mol. The third kappa shape index (κ3) is 2.91. The Morgan fingerprint density at radius 3 is 3.00 bits per heavy atom. The van der Waals surface area contributed by atoms with E-state index in [4.69, 9.17) is 4.52 Å². The molecule has 0 radical (unpaired) electrons. The molecule has 0 spiro atoms. The van der Waals surface area contributed by atoms with Crippen molar-refractivity contribution in [1.82, 2.24) is 5.16 Å². The largest absolute Gasteiger partial charge is 0.361 e. The SMILES string of the molecule is C=CCCCCc1cc(C)no1. The van der Waals surface area contributed by atoms with Crippen molar-refractivity contribution >= 4 is 0 Å². The smallest absolute Gasteiger partial charge is 0.136 e. The highest BCUT2D eigenvalue weighted by Crippen LogP contribution is 2.07. The molecule has 1 aromatic rings. The monoisotopic (exact) mass is 165 g/mol. The first-order valence-corrected chi connectivity index (χ1v) is 4.36. The lowest BCUT2D eigenvalue weighted by atomic mass is 10.1. The van der Waals surface area contributed by atoms with E-state index in [0.717, 1.165) is 30.7 Å². The first kappa shape index (κ1) is 9.04. The van der Waals surface area contributed by atoms with Gasteiger partial charge in [0.25, 0.3) is 0 Å². The summed E-state index contributed by atoms with van der Waals surface area (Å²) in [7, 11) is 0. The van der Waals surface area contributed by atoms with Gasteiger partial charge in [-0.15, -0.1) is 6.58 Å². The minimum atomic E-state index is 0.966. The Hall–Kier alpha value is -1.05. The zero-order chi connectivity index (χ0) is 8.81. The normalized spacial score (nSPS) is 10.1. The Morgan fingerprint density at radius 2 is 2.42 bits per heavy atom. The standard InChI is InChI=1S/C10H15NO/c1-3-4-5-6-7-10-8-9(2)11-12-10/h3,8H,1,4-7H2,2H3. The maximum atomic E-state index is 5.07. The molecule has 0 saturated heterocycles. The molecule has 1 rings (SSSR count). The van der Waals surface area contributed by atoms with E-state index in [-0.39, 0.29) is 0 Å². The molecule has 0 N–H and O–H groups in total. The van der Waals surface area contributed by atoms with E-state index < -0.39 is 0 Å². The van der Waals surface area contributed by atoms with Gasteiger partial charge in [-0.2, -0.15) is 0 Å². The summed E-state index contributed by atoms with van der Waals surface area (Å²) in [4.78, 5) is 0. The highest BCUT2D eigenvalue weighted by molar-refractivity contribution is 5.02. The van der Waals surface area contributed by atoms with Crippen LogP contribution in [0, 0.1) is 6.92 Å². The molecule has 0 amide bonds. The first-order valence-electron chi connectivity index (χ1n) is 4.36. The minimum absolute atomic E-state index is 0.966. The summed E-state index contributed by atoms with van der Waals surface area (Å²) in [5.41, 5.74) is 0.966.